The zero-order chi connectivity index (χ0) is 19.4. The minimum Gasteiger partial charge on any atom is -0.490 e. The summed E-state index contributed by atoms with van der Waals surface area (Å²) in [5.74, 6) is 1.08. The van der Waals surface area contributed by atoms with Gasteiger partial charge >= 0.3 is 0 Å². The van der Waals surface area contributed by atoms with E-state index in [4.69, 9.17) is 9.47 Å². The lowest BCUT2D eigenvalue weighted by Gasteiger charge is -2.22. The standard InChI is InChI=1S/C18H27N3O5S/c1-19(2)18(22)14-20-7-3-8-21(10-9-20)27(23,24)15-5-6-16-17(13-15)26-12-4-11-25-16/h5-6,13H,3-4,7-12,14H2,1-2H3. The Balaban J connectivity index is 1.72. The van der Waals surface area contributed by atoms with Crippen LogP contribution in [0, 0.1) is 0 Å². The van der Waals surface area contributed by atoms with Crippen molar-refractivity contribution in [3.05, 3.63) is 18.2 Å². The van der Waals surface area contributed by atoms with Gasteiger partial charge in [0, 0.05) is 46.2 Å². The minimum absolute atomic E-state index is 0.0224. The molecule has 150 valence electrons. The topological polar surface area (TPSA) is 79.4 Å². The van der Waals surface area contributed by atoms with Gasteiger partial charge in [-0.25, -0.2) is 8.42 Å². The number of ether oxygens (including phenoxy) is 2. The van der Waals surface area contributed by atoms with Gasteiger partial charge in [0.25, 0.3) is 0 Å². The number of hydrogen-bond acceptors (Lipinski definition) is 6. The summed E-state index contributed by atoms with van der Waals surface area (Å²) in [7, 11) is -0.177. The van der Waals surface area contributed by atoms with Crippen molar-refractivity contribution in [2.45, 2.75) is 17.7 Å². The van der Waals surface area contributed by atoms with Crippen LogP contribution in [0.15, 0.2) is 23.1 Å². The molecule has 0 saturated carbocycles. The molecule has 1 fully saturated rings. The van der Waals surface area contributed by atoms with Crippen LogP contribution in [0.5, 0.6) is 11.5 Å². The molecular weight excluding hydrogens is 370 g/mol. The Labute approximate surface area is 160 Å². The summed E-state index contributed by atoms with van der Waals surface area (Å²) in [5, 5.41) is 0. The molecule has 0 aromatic heterocycles. The highest BCUT2D eigenvalue weighted by atomic mass is 32.2. The van der Waals surface area contributed by atoms with Crippen molar-refractivity contribution in [1.29, 1.82) is 0 Å². The summed E-state index contributed by atoms with van der Waals surface area (Å²) >= 11 is 0. The Morgan fingerprint density at radius 2 is 1.78 bits per heavy atom. The van der Waals surface area contributed by atoms with Gasteiger partial charge in [-0.1, -0.05) is 0 Å². The van der Waals surface area contributed by atoms with Crippen molar-refractivity contribution >= 4 is 15.9 Å². The average Bonchev–Trinajstić information content (AvgIpc) is 3.01. The van der Waals surface area contributed by atoms with Crippen LogP contribution >= 0.6 is 0 Å². The molecule has 2 aliphatic rings. The number of rotatable bonds is 4. The number of nitrogens with zero attached hydrogens (tertiary/aromatic N) is 3. The number of carbonyl (C=O) groups excluding carboxylic acids is 1. The van der Waals surface area contributed by atoms with Gasteiger partial charge in [-0.15, -0.1) is 0 Å². The third-order valence-corrected chi connectivity index (χ3v) is 6.66. The third kappa shape index (κ3) is 4.72. The first-order chi connectivity index (χ1) is 12.9. The molecule has 2 aliphatic heterocycles. The van der Waals surface area contributed by atoms with E-state index in [1.807, 2.05) is 4.90 Å². The van der Waals surface area contributed by atoms with Gasteiger partial charge in [0.2, 0.25) is 15.9 Å². The molecule has 0 bridgehead atoms. The second kappa shape index (κ2) is 8.45. The first-order valence-corrected chi connectivity index (χ1v) is 10.6. The number of fused-ring (bicyclic) bond motifs is 1. The Hall–Kier alpha value is -1.84. The van der Waals surface area contributed by atoms with Crippen LogP contribution in [0.1, 0.15) is 12.8 Å². The molecule has 27 heavy (non-hydrogen) atoms. The second-order valence-corrected chi connectivity index (χ2v) is 8.92. The molecule has 3 rings (SSSR count). The summed E-state index contributed by atoms with van der Waals surface area (Å²) in [6, 6.07) is 4.78. The number of hydrogen-bond donors (Lipinski definition) is 0. The molecular formula is C18H27N3O5S. The molecule has 0 radical (unpaired) electrons. The smallest absolute Gasteiger partial charge is 0.243 e. The molecule has 1 amide bonds. The summed E-state index contributed by atoms with van der Waals surface area (Å²) < 4.78 is 38.9. The van der Waals surface area contributed by atoms with E-state index in [0.29, 0.717) is 63.9 Å². The van der Waals surface area contributed by atoms with E-state index in [1.165, 1.54) is 4.31 Å². The summed E-state index contributed by atoms with van der Waals surface area (Å²) in [4.78, 5) is 15.7. The van der Waals surface area contributed by atoms with E-state index in [1.54, 1.807) is 37.2 Å². The van der Waals surface area contributed by atoms with E-state index >= 15 is 0 Å². The maximum Gasteiger partial charge on any atom is 0.243 e. The van der Waals surface area contributed by atoms with Gasteiger partial charge in [0.1, 0.15) is 0 Å². The zero-order valence-electron chi connectivity index (χ0n) is 15.9. The SMILES string of the molecule is CN(C)C(=O)CN1CCCN(S(=O)(=O)c2ccc3c(c2)OCCCO3)CC1. The van der Waals surface area contributed by atoms with Crippen LogP contribution in [0.3, 0.4) is 0 Å². The maximum atomic E-state index is 13.1. The molecule has 0 aliphatic carbocycles. The number of benzene rings is 1. The van der Waals surface area contributed by atoms with Gasteiger partial charge in [0.15, 0.2) is 11.5 Å². The lowest BCUT2D eigenvalue weighted by atomic mass is 10.3. The quantitative estimate of drug-likeness (QED) is 0.742. The highest BCUT2D eigenvalue weighted by Gasteiger charge is 2.28. The van der Waals surface area contributed by atoms with E-state index in [9.17, 15) is 13.2 Å². The molecule has 1 aromatic rings. The van der Waals surface area contributed by atoms with E-state index in [2.05, 4.69) is 0 Å². The van der Waals surface area contributed by atoms with Gasteiger partial charge < -0.3 is 14.4 Å². The van der Waals surface area contributed by atoms with Gasteiger partial charge in [0.05, 0.1) is 24.7 Å². The second-order valence-electron chi connectivity index (χ2n) is 6.98. The first-order valence-electron chi connectivity index (χ1n) is 9.20. The van der Waals surface area contributed by atoms with Gasteiger partial charge in [-0.2, -0.15) is 4.31 Å². The van der Waals surface area contributed by atoms with Gasteiger partial charge in [-0.3, -0.25) is 9.69 Å². The predicted molar refractivity (Wildman–Crippen MR) is 101 cm³/mol. The Morgan fingerprint density at radius 3 is 2.52 bits per heavy atom. The maximum absolute atomic E-state index is 13.1. The molecule has 2 heterocycles. The van der Waals surface area contributed by atoms with Crippen molar-refractivity contribution in [3.63, 3.8) is 0 Å². The van der Waals surface area contributed by atoms with Crippen molar-refractivity contribution in [2.75, 3.05) is 60.0 Å². The highest BCUT2D eigenvalue weighted by Crippen LogP contribution is 2.33. The summed E-state index contributed by atoms with van der Waals surface area (Å²) in [6.45, 7) is 3.41. The lowest BCUT2D eigenvalue weighted by molar-refractivity contribution is -0.129. The average molecular weight is 397 g/mol. The van der Waals surface area contributed by atoms with Crippen molar-refractivity contribution < 1.29 is 22.7 Å². The zero-order valence-corrected chi connectivity index (χ0v) is 16.7. The first kappa shape index (κ1) is 19.9. The number of carbonyl (C=O) groups is 1. The van der Waals surface area contributed by atoms with Crippen LogP contribution in [-0.2, 0) is 14.8 Å². The molecule has 1 aromatic carbocycles. The summed E-state index contributed by atoms with van der Waals surface area (Å²) in [6.07, 6.45) is 1.45. The van der Waals surface area contributed by atoms with Crippen LogP contribution in [0.2, 0.25) is 0 Å². The highest BCUT2D eigenvalue weighted by molar-refractivity contribution is 7.89. The largest absolute Gasteiger partial charge is 0.490 e. The van der Waals surface area contributed by atoms with Crippen LogP contribution in [0.4, 0.5) is 0 Å². The van der Waals surface area contributed by atoms with Crippen molar-refractivity contribution in [2.24, 2.45) is 0 Å². The van der Waals surface area contributed by atoms with E-state index in [-0.39, 0.29) is 10.8 Å². The lowest BCUT2D eigenvalue weighted by Crippen LogP contribution is -2.39. The van der Waals surface area contributed by atoms with Crippen LogP contribution < -0.4 is 9.47 Å². The monoisotopic (exact) mass is 397 g/mol. The molecule has 0 atom stereocenters. The minimum atomic E-state index is -3.62. The van der Waals surface area contributed by atoms with Gasteiger partial charge in [-0.05, 0) is 25.1 Å². The number of likely N-dealkylation sites (N-methyl/N-ethyl adjacent to an activating group) is 1. The fourth-order valence-electron chi connectivity index (χ4n) is 3.13. The normalized spacial score (nSPS) is 19.2. The molecule has 1 saturated heterocycles. The van der Waals surface area contributed by atoms with Crippen LogP contribution in [0.25, 0.3) is 0 Å². The van der Waals surface area contributed by atoms with Crippen molar-refractivity contribution in [3.8, 4) is 11.5 Å². The molecule has 8 nitrogen and oxygen atoms in total. The third-order valence-electron chi connectivity index (χ3n) is 4.76. The Morgan fingerprint density at radius 1 is 1.04 bits per heavy atom. The molecule has 0 spiro atoms. The molecule has 0 N–H and O–H groups in total. The number of sulfonamides is 1. The van der Waals surface area contributed by atoms with E-state index < -0.39 is 10.0 Å². The predicted octanol–water partition coefficient (Wildman–Crippen LogP) is 0.633. The fourth-order valence-corrected chi connectivity index (χ4v) is 4.62. The number of amides is 1. The molecule has 9 heteroatoms. The van der Waals surface area contributed by atoms with E-state index in [0.717, 1.165) is 6.42 Å². The van der Waals surface area contributed by atoms with Crippen LogP contribution in [-0.4, -0.2) is 88.5 Å². The Bertz CT molecular complexity index is 781. The Kier molecular flexibility index (Phi) is 6.23. The summed E-state index contributed by atoms with van der Waals surface area (Å²) in [5.41, 5.74) is 0. The van der Waals surface area contributed by atoms with Crippen molar-refractivity contribution in [1.82, 2.24) is 14.1 Å². The fraction of sp³-hybridized carbons (Fsp3) is 0.611. The molecule has 0 unspecified atom stereocenters.